The van der Waals surface area contributed by atoms with E-state index in [1.807, 2.05) is 32.0 Å². The maximum absolute atomic E-state index is 13.1. The molecule has 1 aliphatic heterocycles. The molecule has 0 radical (unpaired) electrons. The lowest BCUT2D eigenvalue weighted by atomic mass is 9.83. The number of esters is 1. The summed E-state index contributed by atoms with van der Waals surface area (Å²) in [5.41, 5.74) is 9.97. The monoisotopic (exact) mass is 586 g/mol. The van der Waals surface area contributed by atoms with Crippen LogP contribution in [-0.2, 0) is 0 Å². The number of carbonyl (C=O) groups is 1. The van der Waals surface area contributed by atoms with Crippen LogP contribution in [0.15, 0.2) is 64.4 Å². The van der Waals surface area contributed by atoms with Crippen molar-refractivity contribution in [3.63, 3.8) is 0 Å². The number of carbonyl (C=O) groups excluding carboxylic acids is 1. The number of nitriles is 1. The zero-order chi connectivity index (χ0) is 30.0. The van der Waals surface area contributed by atoms with Gasteiger partial charge < -0.3 is 29.1 Å². The molecule has 216 valence electrons. The van der Waals surface area contributed by atoms with E-state index in [9.17, 15) is 10.1 Å². The van der Waals surface area contributed by atoms with Gasteiger partial charge in [-0.1, -0.05) is 37.1 Å². The zero-order valence-corrected chi connectivity index (χ0v) is 24.6. The van der Waals surface area contributed by atoms with Crippen LogP contribution in [0, 0.1) is 25.2 Å². The van der Waals surface area contributed by atoms with Crippen molar-refractivity contribution in [3.05, 3.63) is 93.0 Å². The van der Waals surface area contributed by atoms with Crippen molar-refractivity contribution in [3.8, 4) is 29.1 Å². The minimum absolute atomic E-state index is 0.0277. The van der Waals surface area contributed by atoms with Gasteiger partial charge in [0.15, 0.2) is 11.5 Å². The largest absolute Gasteiger partial charge is 0.490 e. The Balaban J connectivity index is 1.47. The molecule has 4 aromatic rings. The van der Waals surface area contributed by atoms with E-state index in [0.717, 1.165) is 29.4 Å². The number of rotatable bonds is 9. The van der Waals surface area contributed by atoms with E-state index in [0.29, 0.717) is 52.2 Å². The molecular formula is C33H31ClN2O6. The number of halogens is 1. The van der Waals surface area contributed by atoms with Gasteiger partial charge in [0.2, 0.25) is 11.6 Å². The first-order chi connectivity index (χ1) is 20.2. The summed E-state index contributed by atoms with van der Waals surface area (Å²) < 4.78 is 29.1. The lowest BCUT2D eigenvalue weighted by molar-refractivity contribution is 0.0702. The number of allylic oxidation sites excluding steroid dienone is 1. The van der Waals surface area contributed by atoms with Crippen molar-refractivity contribution in [2.45, 2.75) is 46.5 Å². The summed E-state index contributed by atoms with van der Waals surface area (Å²) >= 11 is 6.27. The molecule has 9 heteroatoms. The summed E-state index contributed by atoms with van der Waals surface area (Å²) in [5.74, 6) is 0.681. The second-order valence-corrected chi connectivity index (χ2v) is 10.4. The number of ether oxygens (including phenoxy) is 4. The molecule has 42 heavy (non-hydrogen) atoms. The Morgan fingerprint density at radius 1 is 1.07 bits per heavy atom. The molecule has 0 bridgehead atoms. The first-order valence-electron chi connectivity index (χ1n) is 13.8. The van der Waals surface area contributed by atoms with Gasteiger partial charge >= 0.3 is 5.97 Å². The quantitative estimate of drug-likeness (QED) is 0.120. The molecule has 0 amide bonds. The van der Waals surface area contributed by atoms with Crippen LogP contribution in [0.3, 0.4) is 0 Å². The minimum Gasteiger partial charge on any atom is -0.490 e. The van der Waals surface area contributed by atoms with Crippen molar-refractivity contribution < 1.29 is 28.2 Å². The first-order valence-corrected chi connectivity index (χ1v) is 14.2. The fourth-order valence-electron chi connectivity index (χ4n) is 4.95. The molecule has 3 aromatic carbocycles. The smallest absolute Gasteiger partial charge is 0.379 e. The number of benzene rings is 3. The highest BCUT2D eigenvalue weighted by Crippen LogP contribution is 2.45. The van der Waals surface area contributed by atoms with Crippen LogP contribution in [-0.4, -0.2) is 19.2 Å². The number of nitrogens with zero attached hydrogens (tertiary/aromatic N) is 1. The van der Waals surface area contributed by atoms with E-state index < -0.39 is 11.9 Å². The molecule has 1 aromatic heterocycles. The predicted octanol–water partition coefficient (Wildman–Crippen LogP) is 7.72. The normalized spacial score (nSPS) is 14.2. The third kappa shape index (κ3) is 5.48. The number of nitrogens with two attached hydrogens (primary N) is 1. The average Bonchev–Trinajstić information content (AvgIpc) is 3.28. The Hall–Kier alpha value is -4.61. The van der Waals surface area contributed by atoms with Crippen LogP contribution in [0.5, 0.6) is 23.0 Å². The van der Waals surface area contributed by atoms with Gasteiger partial charge in [0.25, 0.3) is 0 Å². The predicted molar refractivity (Wildman–Crippen MR) is 159 cm³/mol. The standard InChI is InChI=1S/C33H31ClN2O6/c1-5-7-12-39-26-11-8-20(14-29(26)38-6-2)30-22-10-9-21(15-28(22)42-32(36)24(30)17-35)40-33(37)31-19(4)23-16-25(34)18(3)13-27(23)41-31/h8-11,13-16,30H,5-7,12,36H2,1-4H3. The highest BCUT2D eigenvalue weighted by atomic mass is 35.5. The van der Waals surface area contributed by atoms with E-state index in [4.69, 9.17) is 40.7 Å². The van der Waals surface area contributed by atoms with Crippen LogP contribution >= 0.6 is 11.6 Å². The van der Waals surface area contributed by atoms with Crippen molar-refractivity contribution in [1.82, 2.24) is 0 Å². The molecule has 0 saturated carbocycles. The van der Waals surface area contributed by atoms with Crippen LogP contribution in [0.25, 0.3) is 11.0 Å². The van der Waals surface area contributed by atoms with Crippen molar-refractivity contribution in [2.75, 3.05) is 13.2 Å². The van der Waals surface area contributed by atoms with Gasteiger partial charge in [-0.05, 0) is 68.7 Å². The topological polar surface area (TPSA) is 117 Å². The molecule has 0 aliphatic carbocycles. The van der Waals surface area contributed by atoms with Gasteiger partial charge in [-0.3, -0.25) is 0 Å². The molecule has 0 spiro atoms. The molecule has 2 heterocycles. The summed E-state index contributed by atoms with van der Waals surface area (Å²) in [4.78, 5) is 13.1. The average molecular weight is 587 g/mol. The number of fused-ring (bicyclic) bond motifs is 2. The van der Waals surface area contributed by atoms with Gasteiger partial charge in [0, 0.05) is 27.6 Å². The van der Waals surface area contributed by atoms with Crippen LogP contribution < -0.4 is 24.7 Å². The summed E-state index contributed by atoms with van der Waals surface area (Å²) in [5, 5.41) is 11.3. The first kappa shape index (κ1) is 28.9. The molecule has 1 unspecified atom stereocenters. The lowest BCUT2D eigenvalue weighted by Crippen LogP contribution is -2.21. The van der Waals surface area contributed by atoms with Gasteiger partial charge in [0.05, 0.1) is 19.1 Å². The maximum atomic E-state index is 13.1. The molecule has 5 rings (SSSR count). The van der Waals surface area contributed by atoms with Crippen LogP contribution in [0.1, 0.15) is 65.4 Å². The minimum atomic E-state index is -0.661. The summed E-state index contributed by atoms with van der Waals surface area (Å²) in [6.07, 6.45) is 1.94. The van der Waals surface area contributed by atoms with Gasteiger partial charge in [-0.25, -0.2) is 4.79 Å². The van der Waals surface area contributed by atoms with E-state index in [2.05, 4.69) is 13.0 Å². The third-order valence-corrected chi connectivity index (χ3v) is 7.57. The van der Waals surface area contributed by atoms with Gasteiger partial charge in [-0.2, -0.15) is 5.26 Å². The van der Waals surface area contributed by atoms with E-state index in [1.54, 1.807) is 37.3 Å². The second-order valence-electron chi connectivity index (χ2n) is 10.0. The van der Waals surface area contributed by atoms with Crippen molar-refractivity contribution in [1.29, 1.82) is 5.26 Å². The van der Waals surface area contributed by atoms with Crippen molar-refractivity contribution >= 4 is 28.5 Å². The van der Waals surface area contributed by atoms with Crippen LogP contribution in [0.4, 0.5) is 0 Å². The molecule has 8 nitrogen and oxygen atoms in total. The Morgan fingerprint density at radius 3 is 2.62 bits per heavy atom. The number of aryl methyl sites for hydroxylation is 2. The van der Waals surface area contributed by atoms with Gasteiger partial charge in [-0.15, -0.1) is 0 Å². The fourth-order valence-corrected chi connectivity index (χ4v) is 5.11. The highest BCUT2D eigenvalue weighted by molar-refractivity contribution is 6.32. The lowest BCUT2D eigenvalue weighted by Gasteiger charge is -2.27. The molecule has 1 atom stereocenters. The molecule has 2 N–H and O–H groups in total. The Labute approximate surface area is 249 Å². The Morgan fingerprint density at radius 2 is 1.88 bits per heavy atom. The second kappa shape index (κ2) is 12.1. The molecular weight excluding hydrogens is 556 g/mol. The Kier molecular flexibility index (Phi) is 8.32. The third-order valence-electron chi connectivity index (χ3n) is 7.16. The van der Waals surface area contributed by atoms with E-state index in [-0.39, 0.29) is 23.0 Å². The maximum Gasteiger partial charge on any atom is 0.379 e. The number of unbranched alkanes of at least 4 members (excludes halogenated alkanes) is 1. The zero-order valence-electron chi connectivity index (χ0n) is 23.9. The number of hydrogen-bond donors (Lipinski definition) is 1. The molecule has 0 fully saturated rings. The fraction of sp³-hybridized carbons (Fsp3) is 0.273. The molecule has 0 saturated heterocycles. The number of hydrogen-bond acceptors (Lipinski definition) is 8. The number of furan rings is 1. The highest BCUT2D eigenvalue weighted by Gasteiger charge is 2.32. The van der Waals surface area contributed by atoms with Crippen LogP contribution in [0.2, 0.25) is 5.02 Å². The SMILES string of the molecule is CCCCOc1ccc(C2C(C#N)=C(N)Oc3cc(OC(=O)c4oc5cc(C)c(Cl)cc5c4C)ccc32)cc1OCC. The molecule has 1 aliphatic rings. The van der Waals surface area contributed by atoms with Crippen molar-refractivity contribution in [2.24, 2.45) is 5.73 Å². The van der Waals surface area contributed by atoms with E-state index >= 15 is 0 Å². The van der Waals surface area contributed by atoms with E-state index in [1.165, 1.54) is 0 Å². The Bertz CT molecular complexity index is 1750. The summed E-state index contributed by atoms with van der Waals surface area (Å²) in [7, 11) is 0. The summed E-state index contributed by atoms with van der Waals surface area (Å²) in [6, 6.07) is 16.3. The van der Waals surface area contributed by atoms with Gasteiger partial charge in [0.1, 0.15) is 28.7 Å². The summed E-state index contributed by atoms with van der Waals surface area (Å²) in [6.45, 7) is 8.67.